The quantitative estimate of drug-likeness (QED) is 0.290. The summed E-state index contributed by atoms with van der Waals surface area (Å²) in [5.74, 6) is -17.0. The van der Waals surface area contributed by atoms with Gasteiger partial charge < -0.3 is 0 Å². The summed E-state index contributed by atoms with van der Waals surface area (Å²) in [4.78, 5) is 0. The molecular formula is C17H9F11O4S2. The molecule has 0 heterocycles. The molecule has 0 aromatic heterocycles. The van der Waals surface area contributed by atoms with Crippen LogP contribution in [0.3, 0.4) is 0 Å². The molecule has 4 nitrogen and oxygen atoms in total. The lowest BCUT2D eigenvalue weighted by atomic mass is 9.89. The minimum absolute atomic E-state index is 0.600. The maximum absolute atomic E-state index is 15.1. The third-order valence-corrected chi connectivity index (χ3v) is 9.96. The van der Waals surface area contributed by atoms with E-state index in [4.69, 9.17) is 0 Å². The number of alkyl halides is 5. The highest BCUT2D eigenvalue weighted by Gasteiger charge is 2.58. The summed E-state index contributed by atoms with van der Waals surface area (Å²) in [7, 11) is -13.3. The summed E-state index contributed by atoms with van der Waals surface area (Å²) in [6.45, 7) is 0. The number of hydrogen-bond acceptors (Lipinski definition) is 4. The number of rotatable bonds is 3. The molecule has 1 fully saturated rings. The fraction of sp³-hybridized carbons (Fsp3) is 0.412. The third-order valence-electron chi connectivity index (χ3n) is 5.25. The Hall–Kier alpha value is -2.17. The highest BCUT2D eigenvalue weighted by molar-refractivity contribution is 8.15. The molecule has 2 aliphatic rings. The Morgan fingerprint density at radius 3 is 1.76 bits per heavy atom. The summed E-state index contributed by atoms with van der Waals surface area (Å²) in [6.07, 6.45) is -8.54. The van der Waals surface area contributed by atoms with Crippen molar-refractivity contribution in [1.29, 1.82) is 0 Å². The number of allylic oxidation sites excluding steroid dienone is 2. The number of fused-ring (bicyclic) bond motifs is 1. The lowest BCUT2D eigenvalue weighted by molar-refractivity contribution is -0.0425. The van der Waals surface area contributed by atoms with Gasteiger partial charge >= 0.3 is 5.51 Å². The van der Waals surface area contributed by atoms with Crippen molar-refractivity contribution in [2.75, 3.05) is 0 Å². The number of hydrogen-bond donors (Lipinski definition) is 0. The Balaban J connectivity index is 2.52. The van der Waals surface area contributed by atoms with E-state index in [2.05, 4.69) is 0 Å². The van der Waals surface area contributed by atoms with Gasteiger partial charge in [-0.1, -0.05) is 0 Å². The molecule has 0 bridgehead atoms. The molecule has 0 amide bonds. The van der Waals surface area contributed by atoms with Crippen LogP contribution in [0.2, 0.25) is 0 Å². The lowest BCUT2D eigenvalue weighted by Gasteiger charge is -2.26. The Bertz CT molecular complexity index is 1340. The van der Waals surface area contributed by atoms with Crippen LogP contribution < -0.4 is 0 Å². The first-order valence-corrected chi connectivity index (χ1v) is 11.9. The second kappa shape index (κ2) is 8.20. The molecule has 2 aliphatic carbocycles. The molecule has 34 heavy (non-hydrogen) atoms. The van der Waals surface area contributed by atoms with Gasteiger partial charge in [-0.25, -0.2) is 52.0 Å². The van der Waals surface area contributed by atoms with Crippen LogP contribution in [0, 0.1) is 23.3 Å². The SMILES string of the molecule is O=S(=O)(/C(=C1\C(F)=C(F)c2c(F)c(F)c(F)c(F)c2C1F)S(=O)(=O)C(F)(F)F)C1CCC(F)C1. The van der Waals surface area contributed by atoms with Crippen molar-refractivity contribution >= 4 is 25.5 Å². The average molecular weight is 550 g/mol. The van der Waals surface area contributed by atoms with Gasteiger partial charge in [-0.3, -0.25) is 0 Å². The van der Waals surface area contributed by atoms with Crippen molar-refractivity contribution in [3.63, 3.8) is 0 Å². The minimum atomic E-state index is -7.28. The standard InChI is InChI=1S/C17H9F11O4S2/c18-4-1-2-5(3-4)33(29,30)16(34(31,32)17(26,27)28)8-9(19)6-7(10(20)13(8)23)12(22)15(25)14(24)11(6)21/h4-5,9H,1-3H2/b16-8+. The van der Waals surface area contributed by atoms with Crippen molar-refractivity contribution < 1.29 is 65.1 Å². The molecular weight excluding hydrogens is 541 g/mol. The monoisotopic (exact) mass is 550 g/mol. The molecule has 3 rings (SSSR count). The molecule has 190 valence electrons. The molecule has 0 N–H and O–H groups in total. The van der Waals surface area contributed by atoms with E-state index in [0.717, 1.165) is 0 Å². The highest BCUT2D eigenvalue weighted by Crippen LogP contribution is 2.52. The Kier molecular flexibility index (Phi) is 6.38. The van der Waals surface area contributed by atoms with Gasteiger partial charge in [-0.2, -0.15) is 13.2 Å². The zero-order chi connectivity index (χ0) is 26.1. The molecule has 3 unspecified atom stereocenters. The van der Waals surface area contributed by atoms with Crippen molar-refractivity contribution in [3.05, 3.63) is 50.0 Å². The van der Waals surface area contributed by atoms with E-state index >= 15 is 4.39 Å². The molecule has 17 heteroatoms. The maximum Gasteiger partial charge on any atom is 0.502 e. The lowest BCUT2D eigenvalue weighted by Crippen LogP contribution is -2.35. The molecule has 1 saturated carbocycles. The molecule has 1 aromatic carbocycles. The predicted molar refractivity (Wildman–Crippen MR) is 92.7 cm³/mol. The van der Waals surface area contributed by atoms with Crippen LogP contribution >= 0.6 is 0 Å². The van der Waals surface area contributed by atoms with Gasteiger partial charge in [0.1, 0.15) is 6.17 Å². The zero-order valence-electron chi connectivity index (χ0n) is 16.0. The maximum atomic E-state index is 15.1. The van der Waals surface area contributed by atoms with E-state index in [-0.39, 0.29) is 0 Å². The molecule has 0 aliphatic heterocycles. The summed E-state index contributed by atoms with van der Waals surface area (Å²) < 4.78 is 199. The van der Waals surface area contributed by atoms with E-state index in [9.17, 15) is 60.7 Å². The van der Waals surface area contributed by atoms with Crippen molar-refractivity contribution in [2.45, 2.75) is 42.4 Å². The Labute approximate surface area is 183 Å². The molecule has 0 radical (unpaired) electrons. The molecule has 0 saturated heterocycles. The zero-order valence-corrected chi connectivity index (χ0v) is 17.6. The largest absolute Gasteiger partial charge is 0.502 e. The van der Waals surface area contributed by atoms with Gasteiger partial charge in [-0.15, -0.1) is 0 Å². The Morgan fingerprint density at radius 1 is 0.765 bits per heavy atom. The van der Waals surface area contributed by atoms with Crippen LogP contribution in [0.5, 0.6) is 0 Å². The first-order chi connectivity index (χ1) is 15.4. The van der Waals surface area contributed by atoms with Crippen molar-refractivity contribution in [1.82, 2.24) is 0 Å². The second-order valence-electron chi connectivity index (χ2n) is 7.26. The van der Waals surface area contributed by atoms with E-state index < -0.39 is 118 Å². The summed E-state index contributed by atoms with van der Waals surface area (Å²) in [5.41, 5.74) is -13.9. The van der Waals surface area contributed by atoms with E-state index in [1.807, 2.05) is 0 Å². The first-order valence-electron chi connectivity index (χ1n) is 8.86. The fourth-order valence-electron chi connectivity index (χ4n) is 3.65. The van der Waals surface area contributed by atoms with Gasteiger partial charge in [0, 0.05) is 5.56 Å². The van der Waals surface area contributed by atoms with Crippen molar-refractivity contribution in [2.24, 2.45) is 0 Å². The van der Waals surface area contributed by atoms with Crippen LogP contribution in [0.4, 0.5) is 48.3 Å². The second-order valence-corrected chi connectivity index (χ2v) is 11.6. The van der Waals surface area contributed by atoms with Crippen LogP contribution in [0.25, 0.3) is 5.83 Å². The third kappa shape index (κ3) is 3.70. The first kappa shape index (κ1) is 26.4. The van der Waals surface area contributed by atoms with Crippen LogP contribution in [0.15, 0.2) is 15.6 Å². The van der Waals surface area contributed by atoms with Crippen LogP contribution in [-0.4, -0.2) is 33.8 Å². The van der Waals surface area contributed by atoms with E-state index in [1.54, 1.807) is 0 Å². The van der Waals surface area contributed by atoms with Crippen LogP contribution in [-0.2, 0) is 19.7 Å². The molecule has 0 spiro atoms. The summed E-state index contributed by atoms with van der Waals surface area (Å²) in [5, 5.41) is -2.28. The van der Waals surface area contributed by atoms with Gasteiger partial charge in [0.2, 0.25) is 0 Å². The van der Waals surface area contributed by atoms with Crippen LogP contribution in [0.1, 0.15) is 36.6 Å². The van der Waals surface area contributed by atoms with Gasteiger partial charge in [0.05, 0.1) is 16.4 Å². The van der Waals surface area contributed by atoms with Gasteiger partial charge in [0.25, 0.3) is 9.84 Å². The van der Waals surface area contributed by atoms with Gasteiger partial charge in [-0.05, 0) is 19.3 Å². The van der Waals surface area contributed by atoms with E-state index in [0.29, 0.717) is 0 Å². The fourth-order valence-corrected chi connectivity index (χ4v) is 7.97. The predicted octanol–water partition coefficient (Wildman–Crippen LogP) is 5.33. The Morgan fingerprint density at radius 2 is 1.29 bits per heavy atom. The van der Waals surface area contributed by atoms with Gasteiger partial charge in [0.15, 0.2) is 55.2 Å². The number of benzene rings is 1. The minimum Gasteiger partial charge on any atom is -0.247 e. The molecule has 1 aromatic rings. The normalized spacial score (nSPS) is 25.6. The summed E-state index contributed by atoms with van der Waals surface area (Å²) >= 11 is 0. The molecule has 3 atom stereocenters. The highest BCUT2D eigenvalue weighted by atomic mass is 32.3. The summed E-state index contributed by atoms with van der Waals surface area (Å²) in [6, 6.07) is 0. The topological polar surface area (TPSA) is 68.3 Å². The van der Waals surface area contributed by atoms with E-state index in [1.165, 1.54) is 0 Å². The smallest absolute Gasteiger partial charge is 0.247 e. The number of sulfone groups is 2. The average Bonchev–Trinajstić information content (AvgIpc) is 3.16. The van der Waals surface area contributed by atoms with Crippen molar-refractivity contribution in [3.8, 4) is 0 Å². The number of halogens is 11.